The van der Waals surface area contributed by atoms with E-state index in [4.69, 9.17) is 9.47 Å². The molecule has 0 aromatic rings. The van der Waals surface area contributed by atoms with E-state index in [0.717, 1.165) is 43.4 Å². The third-order valence-corrected chi connectivity index (χ3v) is 4.43. The predicted octanol–water partition coefficient (Wildman–Crippen LogP) is 1.61. The van der Waals surface area contributed by atoms with E-state index in [1.54, 1.807) is 0 Å². The molecule has 0 spiro atoms. The molecule has 0 fully saturated rings. The summed E-state index contributed by atoms with van der Waals surface area (Å²) in [5.74, 6) is -0.281. The van der Waals surface area contributed by atoms with Gasteiger partial charge in [0.1, 0.15) is 6.54 Å². The zero-order valence-electron chi connectivity index (χ0n) is 14.4. The van der Waals surface area contributed by atoms with Gasteiger partial charge in [0.05, 0.1) is 50.1 Å². The van der Waals surface area contributed by atoms with Gasteiger partial charge in [0.25, 0.3) is 0 Å². The van der Waals surface area contributed by atoms with Crippen LogP contribution >= 0.6 is 0 Å². The number of hydrogen-bond donors (Lipinski definition) is 0. The summed E-state index contributed by atoms with van der Waals surface area (Å²) in [5.41, 5.74) is 0. The van der Waals surface area contributed by atoms with Crippen LogP contribution in [0.5, 0.6) is 0 Å². The molecule has 0 radical (unpaired) electrons. The van der Waals surface area contributed by atoms with Gasteiger partial charge in [-0.15, -0.1) is 0 Å². The van der Waals surface area contributed by atoms with Crippen molar-refractivity contribution in [3.8, 4) is 0 Å². The quantitative estimate of drug-likeness (QED) is 0.257. The number of quaternary nitrogens is 1. The summed E-state index contributed by atoms with van der Waals surface area (Å²) in [5, 5.41) is 0. The van der Waals surface area contributed by atoms with E-state index in [2.05, 4.69) is 20.9 Å². The molecule has 1 atom stereocenters. The molecule has 0 saturated heterocycles. The Morgan fingerprint density at radius 1 is 0.864 bits per heavy atom. The van der Waals surface area contributed by atoms with Crippen LogP contribution in [0.4, 0.5) is 0 Å². The molecule has 0 aliphatic heterocycles. The maximum absolute atomic E-state index is 10.7. The molecular weight excluding hydrogens is 306 g/mol. The maximum Gasteiger partial charge on any atom is 0.102 e. The SMILES string of the molecule is CCCCOCCOCC[N+](C)(CCC)CCCS(=O)(=O)[O-]. The number of likely N-dealkylation sites (N-methyl/N-ethyl adjacent to an activating group) is 1. The van der Waals surface area contributed by atoms with Crippen LogP contribution in [-0.2, 0) is 19.6 Å². The maximum atomic E-state index is 10.7. The van der Waals surface area contributed by atoms with Crippen molar-refractivity contribution in [1.29, 1.82) is 0 Å². The molecule has 0 heterocycles. The summed E-state index contributed by atoms with van der Waals surface area (Å²) in [6, 6.07) is 0. The molecule has 0 aromatic heterocycles. The number of hydrogen-bond acceptors (Lipinski definition) is 5. The molecular formula is C15H33NO5S. The van der Waals surface area contributed by atoms with E-state index in [1.165, 1.54) is 0 Å². The summed E-state index contributed by atoms with van der Waals surface area (Å²) in [4.78, 5) is 0. The second-order valence-corrected chi connectivity index (χ2v) is 7.51. The summed E-state index contributed by atoms with van der Waals surface area (Å²) in [7, 11) is -2.02. The first kappa shape index (κ1) is 21.8. The largest absolute Gasteiger partial charge is 0.748 e. The first-order valence-corrected chi connectivity index (χ1v) is 9.83. The van der Waals surface area contributed by atoms with Crippen molar-refractivity contribution in [2.24, 2.45) is 0 Å². The Labute approximate surface area is 136 Å². The molecule has 7 heteroatoms. The second kappa shape index (κ2) is 12.2. The summed E-state index contributed by atoms with van der Waals surface area (Å²) < 4.78 is 43.8. The van der Waals surface area contributed by atoms with Crippen molar-refractivity contribution in [1.82, 2.24) is 0 Å². The van der Waals surface area contributed by atoms with E-state index < -0.39 is 10.1 Å². The first-order chi connectivity index (χ1) is 10.3. The highest BCUT2D eigenvalue weighted by Crippen LogP contribution is 2.07. The molecule has 0 aliphatic carbocycles. The van der Waals surface area contributed by atoms with Crippen LogP contribution in [0.1, 0.15) is 39.5 Å². The van der Waals surface area contributed by atoms with Crippen LogP contribution in [0.15, 0.2) is 0 Å². The van der Waals surface area contributed by atoms with E-state index in [9.17, 15) is 13.0 Å². The van der Waals surface area contributed by atoms with Crippen molar-refractivity contribution >= 4 is 10.1 Å². The van der Waals surface area contributed by atoms with Crippen LogP contribution < -0.4 is 0 Å². The van der Waals surface area contributed by atoms with Gasteiger partial charge in [0.15, 0.2) is 0 Å². The summed E-state index contributed by atoms with van der Waals surface area (Å²) in [6.07, 6.45) is 3.63. The van der Waals surface area contributed by atoms with Crippen molar-refractivity contribution in [3.63, 3.8) is 0 Å². The molecule has 22 heavy (non-hydrogen) atoms. The smallest absolute Gasteiger partial charge is 0.102 e. The Balaban J connectivity index is 3.86. The molecule has 0 N–H and O–H groups in total. The van der Waals surface area contributed by atoms with Gasteiger partial charge in [-0.1, -0.05) is 20.3 Å². The minimum atomic E-state index is -4.11. The standard InChI is InChI=1S/C15H33NO5S/c1-4-6-11-20-13-14-21-12-10-16(3,8-5-2)9-7-15-22(17,18)19/h4-15H2,1-3H3. The van der Waals surface area contributed by atoms with Gasteiger partial charge in [-0.25, -0.2) is 8.42 Å². The zero-order valence-corrected chi connectivity index (χ0v) is 15.2. The van der Waals surface area contributed by atoms with Gasteiger partial charge in [0.2, 0.25) is 0 Å². The van der Waals surface area contributed by atoms with Crippen LogP contribution in [0.3, 0.4) is 0 Å². The summed E-state index contributed by atoms with van der Waals surface area (Å²) >= 11 is 0. The molecule has 6 nitrogen and oxygen atoms in total. The minimum absolute atomic E-state index is 0.281. The molecule has 0 amide bonds. The van der Waals surface area contributed by atoms with Gasteiger partial charge >= 0.3 is 0 Å². The lowest BCUT2D eigenvalue weighted by Crippen LogP contribution is -2.48. The molecule has 0 bridgehead atoms. The molecule has 0 saturated carbocycles. The van der Waals surface area contributed by atoms with Crippen LogP contribution in [0, 0.1) is 0 Å². The lowest BCUT2D eigenvalue weighted by atomic mass is 10.3. The molecule has 0 aromatic carbocycles. The number of unbranched alkanes of at least 4 members (excludes halogenated alkanes) is 1. The lowest BCUT2D eigenvalue weighted by molar-refractivity contribution is -0.910. The highest BCUT2D eigenvalue weighted by atomic mass is 32.2. The average molecular weight is 339 g/mol. The van der Waals surface area contributed by atoms with E-state index in [0.29, 0.717) is 32.8 Å². The summed E-state index contributed by atoms with van der Waals surface area (Å²) in [6.45, 7) is 9.30. The second-order valence-electron chi connectivity index (χ2n) is 5.98. The topological polar surface area (TPSA) is 75.7 Å². The highest BCUT2D eigenvalue weighted by Gasteiger charge is 2.20. The fourth-order valence-corrected chi connectivity index (χ4v) is 2.83. The van der Waals surface area contributed by atoms with E-state index >= 15 is 0 Å². The monoisotopic (exact) mass is 339 g/mol. The Bertz CT molecular complexity index is 361. The third-order valence-electron chi connectivity index (χ3n) is 3.65. The van der Waals surface area contributed by atoms with Crippen molar-refractivity contribution in [2.75, 3.05) is 58.9 Å². The van der Waals surface area contributed by atoms with Crippen molar-refractivity contribution in [3.05, 3.63) is 0 Å². The van der Waals surface area contributed by atoms with Gasteiger partial charge in [-0.05, 0) is 12.8 Å². The van der Waals surface area contributed by atoms with Crippen LogP contribution in [-0.4, -0.2) is 76.3 Å². The van der Waals surface area contributed by atoms with Crippen molar-refractivity contribution in [2.45, 2.75) is 39.5 Å². The number of ether oxygens (including phenoxy) is 2. The van der Waals surface area contributed by atoms with Gasteiger partial charge in [-0.2, -0.15) is 0 Å². The van der Waals surface area contributed by atoms with Gasteiger partial charge in [-0.3, -0.25) is 0 Å². The van der Waals surface area contributed by atoms with Crippen LogP contribution in [0.25, 0.3) is 0 Å². The fourth-order valence-electron chi connectivity index (χ4n) is 2.35. The normalized spacial score (nSPS) is 14.9. The van der Waals surface area contributed by atoms with Gasteiger partial charge < -0.3 is 18.5 Å². The lowest BCUT2D eigenvalue weighted by Gasteiger charge is -2.34. The molecule has 0 aliphatic rings. The third kappa shape index (κ3) is 13.5. The minimum Gasteiger partial charge on any atom is -0.748 e. The molecule has 0 rings (SSSR count). The average Bonchev–Trinajstić information content (AvgIpc) is 2.40. The highest BCUT2D eigenvalue weighted by molar-refractivity contribution is 7.85. The number of nitrogens with zero attached hydrogens (tertiary/aromatic N) is 1. The zero-order chi connectivity index (χ0) is 16.9. The Morgan fingerprint density at radius 2 is 1.50 bits per heavy atom. The first-order valence-electron chi connectivity index (χ1n) is 8.25. The Hall–Kier alpha value is -0.210. The van der Waals surface area contributed by atoms with E-state index in [1.807, 2.05) is 0 Å². The fraction of sp³-hybridized carbons (Fsp3) is 1.00. The number of rotatable bonds is 15. The predicted molar refractivity (Wildman–Crippen MR) is 86.8 cm³/mol. The van der Waals surface area contributed by atoms with Gasteiger partial charge in [0, 0.05) is 18.8 Å². The Morgan fingerprint density at radius 3 is 2.05 bits per heavy atom. The van der Waals surface area contributed by atoms with Crippen LogP contribution in [0.2, 0.25) is 0 Å². The molecule has 134 valence electrons. The van der Waals surface area contributed by atoms with E-state index in [-0.39, 0.29) is 5.75 Å². The Kier molecular flexibility index (Phi) is 12.1. The van der Waals surface area contributed by atoms with Crippen molar-refractivity contribution < 1.29 is 26.9 Å². The molecule has 1 unspecified atom stereocenters.